The number of pyridine rings is 1. The van der Waals surface area contributed by atoms with Crippen LogP contribution in [0.2, 0.25) is 0 Å². The Labute approximate surface area is 162 Å². The van der Waals surface area contributed by atoms with Gasteiger partial charge in [-0.3, -0.25) is 0 Å². The number of carbonyl (C=O) groups excluding carboxylic acids is 1. The lowest BCUT2D eigenvalue weighted by atomic mass is 10.1. The van der Waals surface area contributed by atoms with Gasteiger partial charge in [-0.15, -0.1) is 0 Å². The van der Waals surface area contributed by atoms with E-state index in [4.69, 9.17) is 0 Å². The Morgan fingerprint density at radius 1 is 1.18 bits per heavy atom. The fourth-order valence-corrected chi connectivity index (χ4v) is 2.81. The molecule has 0 aliphatic heterocycles. The second kappa shape index (κ2) is 8.29. The van der Waals surface area contributed by atoms with Crippen LogP contribution in [0.1, 0.15) is 42.2 Å². The Kier molecular flexibility index (Phi) is 5.82. The first kappa shape index (κ1) is 19.7. The number of benzene rings is 1. The van der Waals surface area contributed by atoms with Crippen molar-refractivity contribution in [3.05, 3.63) is 65.0 Å². The minimum absolute atomic E-state index is 0.0846. The van der Waals surface area contributed by atoms with Gasteiger partial charge in [-0.05, 0) is 62.6 Å². The van der Waals surface area contributed by atoms with Gasteiger partial charge in [-0.1, -0.05) is 17.7 Å². The Morgan fingerprint density at radius 3 is 2.50 bits per heavy atom. The number of nitrogens with one attached hydrogen (secondary N) is 1. The SMILES string of the molecule is CC(=O)CCc1cc(Nc2ccc(C)cc2)nc(-n2cc(C)c(C(F)F)n2)c1. The van der Waals surface area contributed by atoms with E-state index in [1.807, 2.05) is 37.3 Å². The predicted octanol–water partition coefficient (Wildman–Crippen LogP) is 5.09. The number of rotatable bonds is 7. The molecule has 0 bridgehead atoms. The van der Waals surface area contributed by atoms with Crippen LogP contribution in [-0.2, 0) is 11.2 Å². The average Bonchev–Trinajstić information content (AvgIpc) is 3.04. The van der Waals surface area contributed by atoms with Gasteiger partial charge in [0, 0.05) is 18.3 Å². The van der Waals surface area contributed by atoms with E-state index in [0.29, 0.717) is 30.0 Å². The molecular weight excluding hydrogens is 362 g/mol. The lowest BCUT2D eigenvalue weighted by molar-refractivity contribution is -0.116. The molecule has 2 heterocycles. The summed E-state index contributed by atoms with van der Waals surface area (Å²) in [4.78, 5) is 15.9. The van der Waals surface area contributed by atoms with Gasteiger partial charge in [0.2, 0.25) is 0 Å². The number of Topliss-reactive ketones (excluding diaryl/α,β-unsaturated/α-hetero) is 1. The molecule has 0 fully saturated rings. The molecule has 7 heteroatoms. The Bertz CT molecular complexity index is 981. The summed E-state index contributed by atoms with van der Waals surface area (Å²) in [6, 6.07) is 11.5. The van der Waals surface area contributed by atoms with Crippen LogP contribution in [0.25, 0.3) is 5.82 Å². The van der Waals surface area contributed by atoms with Gasteiger partial charge in [-0.2, -0.15) is 5.10 Å². The van der Waals surface area contributed by atoms with E-state index in [1.165, 1.54) is 10.9 Å². The van der Waals surface area contributed by atoms with Crippen LogP contribution in [0.15, 0.2) is 42.6 Å². The fraction of sp³-hybridized carbons (Fsp3) is 0.286. The van der Waals surface area contributed by atoms with Crippen LogP contribution >= 0.6 is 0 Å². The number of ketones is 1. The smallest absolute Gasteiger partial charge is 0.282 e. The zero-order valence-corrected chi connectivity index (χ0v) is 16.0. The number of alkyl halides is 2. The third-order valence-corrected chi connectivity index (χ3v) is 4.34. The highest BCUT2D eigenvalue weighted by Gasteiger charge is 2.17. The number of aryl methyl sites for hydroxylation is 3. The summed E-state index contributed by atoms with van der Waals surface area (Å²) in [5, 5.41) is 7.21. The molecule has 1 N–H and O–H groups in total. The van der Waals surface area contributed by atoms with E-state index in [9.17, 15) is 13.6 Å². The second-order valence-electron chi connectivity index (χ2n) is 6.85. The van der Waals surface area contributed by atoms with Gasteiger partial charge in [-0.25, -0.2) is 18.4 Å². The van der Waals surface area contributed by atoms with Gasteiger partial charge in [0.25, 0.3) is 6.43 Å². The highest BCUT2D eigenvalue weighted by Crippen LogP contribution is 2.24. The Morgan fingerprint density at radius 2 is 1.89 bits per heavy atom. The molecule has 0 aliphatic carbocycles. The monoisotopic (exact) mass is 384 g/mol. The lowest BCUT2D eigenvalue weighted by Crippen LogP contribution is -2.05. The summed E-state index contributed by atoms with van der Waals surface area (Å²) >= 11 is 0. The highest BCUT2D eigenvalue weighted by atomic mass is 19.3. The third kappa shape index (κ3) is 4.79. The first-order valence-electron chi connectivity index (χ1n) is 9.00. The van der Waals surface area contributed by atoms with Crippen molar-refractivity contribution in [2.45, 2.75) is 40.0 Å². The zero-order chi connectivity index (χ0) is 20.3. The van der Waals surface area contributed by atoms with Crippen molar-refractivity contribution in [2.75, 3.05) is 5.32 Å². The van der Waals surface area contributed by atoms with Gasteiger partial charge in [0.05, 0.1) is 0 Å². The molecule has 146 valence electrons. The fourth-order valence-electron chi connectivity index (χ4n) is 2.81. The molecule has 3 rings (SSSR count). The van der Waals surface area contributed by atoms with Crippen LogP contribution < -0.4 is 5.32 Å². The maximum atomic E-state index is 13.1. The van der Waals surface area contributed by atoms with E-state index in [1.54, 1.807) is 19.9 Å². The number of aromatic nitrogens is 3. The number of anilines is 2. The molecule has 0 saturated carbocycles. The highest BCUT2D eigenvalue weighted by molar-refractivity contribution is 5.75. The number of hydrogen-bond donors (Lipinski definition) is 1. The first-order valence-corrected chi connectivity index (χ1v) is 9.00. The van der Waals surface area contributed by atoms with Crippen LogP contribution in [0.5, 0.6) is 0 Å². The largest absolute Gasteiger partial charge is 0.340 e. The molecule has 0 unspecified atom stereocenters. The van der Waals surface area contributed by atoms with E-state index in [2.05, 4.69) is 15.4 Å². The van der Waals surface area contributed by atoms with E-state index in [0.717, 1.165) is 16.8 Å². The standard InChI is InChI=1S/C21H22F2N4O/c1-13-4-8-17(9-5-13)24-18-10-16(7-6-15(3)28)11-19(25-18)27-12-14(2)20(26-27)21(22)23/h4-5,8-12,21H,6-7H2,1-3H3,(H,24,25). The van der Waals surface area contributed by atoms with Crippen LogP contribution in [0, 0.1) is 13.8 Å². The van der Waals surface area contributed by atoms with Crippen molar-refractivity contribution in [1.29, 1.82) is 0 Å². The van der Waals surface area contributed by atoms with Crippen LogP contribution in [0.3, 0.4) is 0 Å². The summed E-state index contributed by atoms with van der Waals surface area (Å²) in [6.07, 6.45) is -0.176. The van der Waals surface area contributed by atoms with Gasteiger partial charge in [0.1, 0.15) is 17.3 Å². The van der Waals surface area contributed by atoms with Crippen molar-refractivity contribution in [3.63, 3.8) is 0 Å². The van der Waals surface area contributed by atoms with Crippen molar-refractivity contribution >= 4 is 17.3 Å². The molecule has 5 nitrogen and oxygen atoms in total. The van der Waals surface area contributed by atoms with Gasteiger partial charge in [0.15, 0.2) is 5.82 Å². The second-order valence-corrected chi connectivity index (χ2v) is 6.85. The molecule has 0 atom stereocenters. The summed E-state index contributed by atoms with van der Waals surface area (Å²) in [6.45, 7) is 5.14. The number of carbonyl (C=O) groups is 1. The van der Waals surface area contributed by atoms with Crippen molar-refractivity contribution in [2.24, 2.45) is 0 Å². The van der Waals surface area contributed by atoms with E-state index in [-0.39, 0.29) is 11.5 Å². The molecule has 0 amide bonds. The van der Waals surface area contributed by atoms with Crippen LogP contribution in [-0.4, -0.2) is 20.5 Å². The van der Waals surface area contributed by atoms with E-state index >= 15 is 0 Å². The van der Waals surface area contributed by atoms with Gasteiger partial charge < -0.3 is 10.1 Å². The molecule has 0 radical (unpaired) electrons. The molecule has 28 heavy (non-hydrogen) atoms. The topological polar surface area (TPSA) is 59.8 Å². The number of nitrogens with zero attached hydrogens (tertiary/aromatic N) is 3. The molecular formula is C21H22F2N4O. The summed E-state index contributed by atoms with van der Waals surface area (Å²) in [5.41, 5.74) is 3.02. The quantitative estimate of drug-likeness (QED) is 0.617. The zero-order valence-electron chi connectivity index (χ0n) is 16.0. The van der Waals surface area contributed by atoms with Crippen molar-refractivity contribution in [1.82, 2.24) is 14.8 Å². The maximum absolute atomic E-state index is 13.1. The predicted molar refractivity (Wildman–Crippen MR) is 105 cm³/mol. The number of halogens is 2. The summed E-state index contributed by atoms with van der Waals surface area (Å²) in [7, 11) is 0. The molecule has 2 aromatic heterocycles. The molecule has 1 aromatic carbocycles. The van der Waals surface area contributed by atoms with Gasteiger partial charge >= 0.3 is 0 Å². The first-order chi connectivity index (χ1) is 13.3. The number of hydrogen-bond acceptors (Lipinski definition) is 4. The van der Waals surface area contributed by atoms with Crippen LogP contribution in [0.4, 0.5) is 20.3 Å². The van der Waals surface area contributed by atoms with Crippen molar-refractivity contribution < 1.29 is 13.6 Å². The normalized spacial score (nSPS) is 11.1. The molecule has 3 aromatic rings. The molecule has 0 spiro atoms. The maximum Gasteiger partial charge on any atom is 0.282 e. The lowest BCUT2D eigenvalue weighted by Gasteiger charge is -2.11. The Balaban J connectivity index is 1.98. The molecule has 0 aliphatic rings. The van der Waals surface area contributed by atoms with Crippen molar-refractivity contribution in [3.8, 4) is 5.82 Å². The Hall–Kier alpha value is -3.09. The minimum atomic E-state index is -2.65. The molecule has 0 saturated heterocycles. The third-order valence-electron chi connectivity index (χ3n) is 4.34. The minimum Gasteiger partial charge on any atom is -0.340 e. The summed E-state index contributed by atoms with van der Waals surface area (Å²) in [5.74, 6) is 1.07. The average molecular weight is 384 g/mol. The van der Waals surface area contributed by atoms with E-state index < -0.39 is 6.43 Å². The summed E-state index contributed by atoms with van der Waals surface area (Å²) < 4.78 is 27.6.